The van der Waals surface area contributed by atoms with Crippen LogP contribution >= 0.6 is 56.8 Å². The minimum Gasteiger partial charge on any atom is -0.469 e. The van der Waals surface area contributed by atoms with Gasteiger partial charge in [-0.3, -0.25) is 82.0 Å². The molecule has 0 aliphatic carbocycles. The van der Waals surface area contributed by atoms with Crippen LogP contribution < -0.4 is 0 Å². The molecular weight excluding hydrogens is 1750 g/mol. The Labute approximate surface area is 660 Å². The zero-order valence-electron chi connectivity index (χ0n) is 60.4. The molecule has 10 heterocycles. The van der Waals surface area contributed by atoms with Crippen LogP contribution in [0.15, 0.2) is 98.0 Å². The van der Waals surface area contributed by atoms with E-state index in [9.17, 15) is 95.2 Å². The summed E-state index contributed by atoms with van der Waals surface area (Å²) >= 11 is 9.12. The van der Waals surface area contributed by atoms with Crippen molar-refractivity contribution in [1.82, 2.24) is 24.5 Å². The lowest BCUT2D eigenvalue weighted by Gasteiger charge is -2.33. The second kappa shape index (κ2) is 35.0. The number of carbonyl (C=O) groups is 13. The van der Waals surface area contributed by atoms with Crippen LogP contribution in [0.1, 0.15) is 105 Å². The summed E-state index contributed by atoms with van der Waals surface area (Å²) in [5, 5.41) is 38.1. The van der Waals surface area contributed by atoms with Gasteiger partial charge in [0.1, 0.15) is 24.1 Å². The molecule has 0 unspecified atom stereocenters. The predicted molar refractivity (Wildman–Crippen MR) is 378 cm³/mol. The first-order chi connectivity index (χ1) is 51.3. The zero-order chi connectivity index (χ0) is 83.6. The van der Waals surface area contributed by atoms with E-state index in [1.165, 1.54) is 64.2 Å². The fourth-order valence-electron chi connectivity index (χ4n) is 12.1. The SMILES string of the molecule is C=C1O[C@@H](N2C=CC(=O)CC2=O)[C@](C)(F)[C@@H]1O.CC(C)C(=O)O[C@H]1[C@@](C)(F)[C@H](N2C=CC(=O)CC2=O)O[C@]1(F)CI.CC(C)C(=O)O[C@H]1[C@@](C)(F)[C@H](N2C=CC(=O)CC2=O)O[C@]1(F)COC(=O)c1cccc(Cl)c1.C[C@@]1(F)[C@H](O)[C@@H](CO)O[C@H]1N1C=CC(=O)CC1=O.C[C@]1(F)[C@H](N2C=CC(=O)CC2=O)O[C@](F)(CI)[C@H]1O. The number of amides is 5. The molecule has 0 radical (unpaired) electrons. The second-order valence-electron chi connectivity index (χ2n) is 28.0. The van der Waals surface area contributed by atoms with Crippen LogP contribution in [0.2, 0.25) is 5.02 Å². The molecule has 111 heavy (non-hydrogen) atoms. The van der Waals surface area contributed by atoms with Gasteiger partial charge in [-0.15, -0.1) is 0 Å². The summed E-state index contributed by atoms with van der Waals surface area (Å²) in [5.74, 6) is -17.8. The average Bonchev–Trinajstić information content (AvgIpc) is 1.59. The van der Waals surface area contributed by atoms with Crippen molar-refractivity contribution < 1.29 is 156 Å². The Bertz CT molecular complexity index is 4030. The highest BCUT2D eigenvalue weighted by atomic mass is 127. The number of aliphatic hydroxyl groups excluding tert-OH is 4. The molecule has 10 aliphatic heterocycles. The van der Waals surface area contributed by atoms with Gasteiger partial charge in [0.15, 0.2) is 101 Å². The Balaban J connectivity index is 0.000000197. The first kappa shape index (κ1) is 90.6. The molecule has 10 aliphatic rings. The van der Waals surface area contributed by atoms with Crippen LogP contribution in [-0.2, 0) is 95.4 Å². The van der Waals surface area contributed by atoms with Gasteiger partial charge in [-0.2, -0.15) is 0 Å². The smallest absolute Gasteiger partial charge is 0.338 e. The van der Waals surface area contributed by atoms with Crippen molar-refractivity contribution in [2.24, 2.45) is 11.8 Å². The number of rotatable bonds is 15. The van der Waals surface area contributed by atoms with Crippen LogP contribution in [0.5, 0.6) is 0 Å². The van der Waals surface area contributed by atoms with Crippen molar-refractivity contribution in [3.63, 3.8) is 0 Å². The lowest BCUT2D eigenvalue weighted by molar-refractivity contribution is -0.222. The lowest BCUT2D eigenvalue weighted by Crippen LogP contribution is -2.54. The number of esters is 3. The van der Waals surface area contributed by atoms with Crippen molar-refractivity contribution >= 4 is 133 Å². The fraction of sp³-hybridized carbons (Fsp3) is 0.557. The topological polar surface area (TPSA) is 393 Å². The number of alkyl halides is 10. The third-order valence-corrected chi connectivity index (χ3v) is 20.6. The molecule has 5 fully saturated rings. The monoisotopic (exact) mass is 1830 g/mol. The quantitative estimate of drug-likeness (QED) is 0.0426. The normalized spacial score (nSPS) is 36.4. The molecule has 5 amide bonds. The Morgan fingerprint density at radius 1 is 0.532 bits per heavy atom. The van der Waals surface area contributed by atoms with E-state index >= 15 is 17.6 Å². The van der Waals surface area contributed by atoms with Gasteiger partial charge < -0.3 is 58.3 Å². The Hall–Kier alpha value is -7.56. The maximum Gasteiger partial charge on any atom is 0.338 e. The molecule has 30 nitrogen and oxygen atoms in total. The first-order valence-electron chi connectivity index (χ1n) is 33.6. The third kappa shape index (κ3) is 19.5. The number of ether oxygens (including phenoxy) is 8. The number of carbonyl (C=O) groups excluding carboxylic acids is 13. The van der Waals surface area contributed by atoms with Gasteiger partial charge in [-0.1, -0.05) is 97.1 Å². The molecule has 1 aromatic rings. The molecule has 1 aromatic carbocycles. The van der Waals surface area contributed by atoms with Gasteiger partial charge >= 0.3 is 17.9 Å². The van der Waals surface area contributed by atoms with Crippen LogP contribution in [0, 0.1) is 11.8 Å². The molecule has 5 saturated heterocycles. The van der Waals surface area contributed by atoms with Gasteiger partial charge in [0.05, 0.1) is 65.0 Å². The molecule has 41 heteroatoms. The van der Waals surface area contributed by atoms with E-state index in [-0.39, 0.29) is 49.6 Å². The maximum atomic E-state index is 16.0. The Kier molecular flexibility index (Phi) is 28.6. The molecule has 610 valence electrons. The van der Waals surface area contributed by atoms with E-state index in [0.29, 0.717) is 0 Å². The van der Waals surface area contributed by atoms with E-state index in [2.05, 4.69) is 6.58 Å². The molecule has 0 aromatic heterocycles. The number of benzene rings is 1. The Morgan fingerprint density at radius 2 is 0.883 bits per heavy atom. The minimum atomic E-state index is -3.14. The van der Waals surface area contributed by atoms with Crippen molar-refractivity contribution in [2.75, 3.05) is 22.1 Å². The first-order valence-corrected chi connectivity index (χ1v) is 37.0. The Morgan fingerprint density at radius 3 is 1.21 bits per heavy atom. The fourth-order valence-corrected chi connectivity index (χ4v) is 13.4. The number of nitrogens with zero attached hydrogens (tertiary/aromatic N) is 5. The van der Waals surface area contributed by atoms with Gasteiger partial charge in [-0.25, -0.2) is 39.9 Å². The van der Waals surface area contributed by atoms with E-state index in [4.69, 9.17) is 54.6 Å². The maximum absolute atomic E-state index is 16.0. The van der Waals surface area contributed by atoms with Crippen LogP contribution in [0.3, 0.4) is 0 Å². The largest absolute Gasteiger partial charge is 0.469 e. The van der Waals surface area contributed by atoms with Crippen molar-refractivity contribution in [3.8, 4) is 0 Å². The van der Waals surface area contributed by atoms with Crippen LogP contribution in [0.25, 0.3) is 0 Å². The molecular formula is C70H78ClF8I2N5O25. The molecule has 4 N–H and O–H groups in total. The molecule has 19 atom stereocenters. The summed E-state index contributed by atoms with van der Waals surface area (Å²) in [4.78, 5) is 156. The van der Waals surface area contributed by atoms with E-state index in [0.717, 1.165) is 108 Å². The van der Waals surface area contributed by atoms with Gasteiger partial charge in [-0.05, 0) is 83.2 Å². The third-order valence-electron chi connectivity index (χ3n) is 18.3. The minimum absolute atomic E-state index is 0.00652. The van der Waals surface area contributed by atoms with Gasteiger partial charge in [0.25, 0.3) is 11.7 Å². The van der Waals surface area contributed by atoms with Crippen molar-refractivity contribution in [2.45, 2.75) is 208 Å². The highest BCUT2D eigenvalue weighted by molar-refractivity contribution is 14.1. The molecule has 0 spiro atoms. The number of ketones is 5. The number of allylic oxidation sites excluding steroid dienone is 5. The summed E-state index contributed by atoms with van der Waals surface area (Å²) in [5.41, 5.74) is -12.1. The lowest BCUT2D eigenvalue weighted by atomic mass is 9.95. The second-order valence-corrected chi connectivity index (χ2v) is 30.0. The summed E-state index contributed by atoms with van der Waals surface area (Å²) in [7, 11) is 0. The zero-order valence-corrected chi connectivity index (χ0v) is 65.5. The predicted octanol–water partition coefficient (Wildman–Crippen LogP) is 5.40. The van der Waals surface area contributed by atoms with Crippen molar-refractivity contribution in [3.05, 3.63) is 109 Å². The van der Waals surface area contributed by atoms with E-state index < -0.39 is 223 Å². The standard InChI is InChI=1S/C22H22ClF2NO7.C15H18F2INO5.C11H12F2INO4.C11H14FNO5.C11H12FNO4/c1-12(2)17(29)32-19-21(3,24)20(26-8-7-15(27)10-16(26)28)33-22(19,25)11-31-18(30)13-5-4-6-14(23)9-13;1-8(2)11(22)23-12-14(3,16)13(24-15(12,17)7-18)19-5-4-9(20)6-10(19)21;1-10(12)8(18)11(13,5-14)19-9(10)15-3-2-6(16)4-7(15)17;1-11(12)9(17)7(5-14)18-10(11)13-3-2-6(15)4-8(13)16;1-6-9(16)11(2,12)10(17-6)13-4-3-7(14)5-8(13)15/h4-9,12,19-20H,10-11H2,1-3H3;4-5,8,12-13H,6-7H2,1-3H3;2-3,8-9,18H,4-5H2,1H3;2-3,7,9-10,14,17H,4-5H2,1H3;3-4,9-10,16H,1,5H2,2H3/t19-,20+,21+,22+;12-,13+,14+,15+;8-,9+,10+,11+;7-,9-,10-,11-;9-,10-,11-/m00011/s1. The van der Waals surface area contributed by atoms with Crippen molar-refractivity contribution in [1.29, 1.82) is 0 Å². The number of halogens is 11. The average molecular weight is 1830 g/mol. The number of hydrogen-bond acceptors (Lipinski definition) is 25. The summed E-state index contributed by atoms with van der Waals surface area (Å²) in [6.45, 7) is 12.8. The van der Waals surface area contributed by atoms with Gasteiger partial charge in [0.2, 0.25) is 47.7 Å². The van der Waals surface area contributed by atoms with E-state index in [1.54, 1.807) is 45.2 Å². The highest BCUT2D eigenvalue weighted by Crippen LogP contribution is 2.50. The molecule has 11 rings (SSSR count). The summed E-state index contributed by atoms with van der Waals surface area (Å²) in [6, 6.07) is 5.66. The number of aliphatic hydroxyl groups is 4. The van der Waals surface area contributed by atoms with E-state index in [1.807, 2.05) is 0 Å². The van der Waals surface area contributed by atoms with Crippen LogP contribution in [0.4, 0.5) is 35.1 Å². The van der Waals surface area contributed by atoms with Crippen LogP contribution in [-0.4, -0.2) is 257 Å². The summed E-state index contributed by atoms with van der Waals surface area (Å²) in [6.07, 6.45) is -9.10. The van der Waals surface area contributed by atoms with Gasteiger partial charge in [0, 0.05) is 36.0 Å². The highest BCUT2D eigenvalue weighted by Gasteiger charge is 2.71. The number of hydrogen-bond donors (Lipinski definition) is 4. The molecule has 0 saturated carbocycles. The molecule has 0 bridgehead atoms. The summed E-state index contributed by atoms with van der Waals surface area (Å²) < 4.78 is 160.